The third kappa shape index (κ3) is 2.52. The molecule has 1 heterocycles. The van der Waals surface area contributed by atoms with E-state index in [4.69, 9.17) is 0 Å². The van der Waals surface area contributed by atoms with E-state index in [9.17, 15) is 0 Å². The van der Waals surface area contributed by atoms with Crippen molar-refractivity contribution in [3.05, 3.63) is 70.3 Å². The number of benzene rings is 2. The molecule has 0 aromatic heterocycles. The van der Waals surface area contributed by atoms with E-state index in [0.717, 1.165) is 5.92 Å². The molecule has 4 rings (SSSR count). The van der Waals surface area contributed by atoms with Crippen molar-refractivity contribution in [2.24, 2.45) is 5.92 Å². The smallest absolute Gasteiger partial charge is 0.0127 e. The predicted octanol–water partition coefficient (Wildman–Crippen LogP) is 4.87. The summed E-state index contributed by atoms with van der Waals surface area (Å²) in [5.74, 6) is 2.08. The highest BCUT2D eigenvalue weighted by atomic mass is 15.1. The lowest BCUT2D eigenvalue weighted by molar-refractivity contribution is 0.167. The monoisotopic (exact) mass is 305 g/mol. The molecule has 2 aliphatic rings. The van der Waals surface area contributed by atoms with Gasteiger partial charge in [0.05, 0.1) is 0 Å². The van der Waals surface area contributed by atoms with Gasteiger partial charge in [-0.15, -0.1) is 0 Å². The van der Waals surface area contributed by atoms with Crippen LogP contribution in [0.1, 0.15) is 53.0 Å². The molecular weight excluding hydrogens is 278 g/mol. The normalized spacial score (nSPS) is 26.8. The van der Waals surface area contributed by atoms with Crippen LogP contribution < -0.4 is 0 Å². The summed E-state index contributed by atoms with van der Waals surface area (Å²) in [4.78, 5) is 2.63. The molecule has 1 nitrogen and oxygen atoms in total. The topological polar surface area (TPSA) is 3.24 Å². The molecule has 23 heavy (non-hydrogen) atoms. The first-order chi connectivity index (χ1) is 11.2. The second-order valence-electron chi connectivity index (χ2n) is 7.47. The number of likely N-dealkylation sites (tertiary alicyclic amines) is 1. The van der Waals surface area contributed by atoms with Crippen LogP contribution in [0.15, 0.2) is 42.5 Å². The average molecular weight is 305 g/mol. The zero-order chi connectivity index (χ0) is 16.0. The Morgan fingerprint density at radius 1 is 0.957 bits per heavy atom. The summed E-state index contributed by atoms with van der Waals surface area (Å²) < 4.78 is 0. The Hall–Kier alpha value is -1.60. The Morgan fingerprint density at radius 3 is 2.43 bits per heavy atom. The molecule has 2 aromatic rings. The van der Waals surface area contributed by atoms with Crippen LogP contribution in [0.3, 0.4) is 0 Å². The fourth-order valence-electron chi connectivity index (χ4n) is 4.79. The highest BCUT2D eigenvalue weighted by Crippen LogP contribution is 2.53. The number of nitrogens with zero attached hydrogens (tertiary/aromatic N) is 1. The Labute approximate surface area is 140 Å². The van der Waals surface area contributed by atoms with E-state index in [-0.39, 0.29) is 0 Å². The number of hydrogen-bond donors (Lipinski definition) is 0. The average Bonchev–Trinajstić information content (AvgIpc) is 2.88. The van der Waals surface area contributed by atoms with Gasteiger partial charge in [-0.05, 0) is 56.0 Å². The summed E-state index contributed by atoms with van der Waals surface area (Å²) >= 11 is 0. The van der Waals surface area contributed by atoms with E-state index in [1.807, 2.05) is 0 Å². The van der Waals surface area contributed by atoms with Gasteiger partial charge in [0, 0.05) is 18.4 Å². The third-order valence-corrected chi connectivity index (χ3v) is 6.04. The maximum Gasteiger partial charge on any atom is 0.0127 e. The van der Waals surface area contributed by atoms with Gasteiger partial charge in [0.25, 0.3) is 0 Å². The Morgan fingerprint density at radius 2 is 1.70 bits per heavy atom. The van der Waals surface area contributed by atoms with Crippen LogP contribution in [0.2, 0.25) is 0 Å². The van der Waals surface area contributed by atoms with Crippen molar-refractivity contribution in [3.63, 3.8) is 0 Å². The van der Waals surface area contributed by atoms with Crippen LogP contribution in [-0.2, 0) is 0 Å². The van der Waals surface area contributed by atoms with E-state index >= 15 is 0 Å². The molecule has 0 radical (unpaired) electrons. The zero-order valence-corrected chi connectivity index (χ0v) is 14.5. The molecule has 0 N–H and O–H groups in total. The summed E-state index contributed by atoms with van der Waals surface area (Å²) in [6.07, 6.45) is 1.32. The minimum absolute atomic E-state index is 0.592. The fraction of sp³-hybridized carbons (Fsp3) is 0.455. The molecule has 0 bridgehead atoms. The number of aryl methyl sites for hydroxylation is 2. The lowest BCUT2D eigenvalue weighted by atomic mass is 9.78. The Bertz CT molecular complexity index is 700. The van der Waals surface area contributed by atoms with Crippen molar-refractivity contribution >= 4 is 0 Å². The van der Waals surface area contributed by atoms with E-state index in [1.54, 1.807) is 11.1 Å². The zero-order valence-electron chi connectivity index (χ0n) is 14.5. The van der Waals surface area contributed by atoms with Crippen molar-refractivity contribution in [1.82, 2.24) is 4.90 Å². The number of fused-ring (bicyclic) bond motifs is 3. The lowest BCUT2D eigenvalue weighted by Gasteiger charge is -2.37. The SMILES string of the molecule is CCN1CC[C@@H]2[C@@H](c3ccc(C)cc3)c3cc(C)ccc3[C@H]2C1. The molecule has 3 atom stereocenters. The minimum atomic E-state index is 0.592. The first kappa shape index (κ1) is 15.0. The van der Waals surface area contributed by atoms with E-state index in [2.05, 4.69) is 68.1 Å². The van der Waals surface area contributed by atoms with Crippen LogP contribution in [-0.4, -0.2) is 24.5 Å². The quantitative estimate of drug-likeness (QED) is 0.765. The molecule has 0 saturated carbocycles. The molecule has 1 aliphatic heterocycles. The highest BCUT2D eigenvalue weighted by Gasteiger charge is 2.43. The summed E-state index contributed by atoms with van der Waals surface area (Å²) in [6.45, 7) is 10.4. The second kappa shape index (κ2) is 5.79. The number of likely N-dealkylation sites (N-methyl/N-ethyl adjacent to an activating group) is 1. The summed E-state index contributed by atoms with van der Waals surface area (Å²) in [6, 6.07) is 16.4. The Balaban J connectivity index is 1.80. The minimum Gasteiger partial charge on any atom is -0.303 e. The largest absolute Gasteiger partial charge is 0.303 e. The third-order valence-electron chi connectivity index (χ3n) is 6.04. The lowest BCUT2D eigenvalue weighted by Crippen LogP contribution is -2.38. The van der Waals surface area contributed by atoms with Gasteiger partial charge < -0.3 is 4.90 Å². The first-order valence-electron chi connectivity index (χ1n) is 9.06. The van der Waals surface area contributed by atoms with Crippen molar-refractivity contribution in [2.45, 2.75) is 39.0 Å². The van der Waals surface area contributed by atoms with Gasteiger partial charge in [0.2, 0.25) is 0 Å². The fourth-order valence-corrected chi connectivity index (χ4v) is 4.79. The van der Waals surface area contributed by atoms with E-state index in [1.165, 1.54) is 42.7 Å². The van der Waals surface area contributed by atoms with E-state index < -0.39 is 0 Å². The van der Waals surface area contributed by atoms with Gasteiger partial charge in [0.15, 0.2) is 0 Å². The summed E-state index contributed by atoms with van der Waals surface area (Å²) in [5.41, 5.74) is 7.48. The molecule has 2 aromatic carbocycles. The molecule has 120 valence electrons. The molecular formula is C22H27N. The van der Waals surface area contributed by atoms with Crippen LogP contribution in [0.25, 0.3) is 0 Å². The molecule has 0 unspecified atom stereocenters. The van der Waals surface area contributed by atoms with Crippen molar-refractivity contribution in [1.29, 1.82) is 0 Å². The molecule has 1 aliphatic carbocycles. The van der Waals surface area contributed by atoms with Gasteiger partial charge >= 0.3 is 0 Å². The summed E-state index contributed by atoms with van der Waals surface area (Å²) in [7, 11) is 0. The van der Waals surface area contributed by atoms with Crippen LogP contribution in [0.4, 0.5) is 0 Å². The maximum atomic E-state index is 2.63. The maximum absolute atomic E-state index is 2.63. The molecule has 0 spiro atoms. The van der Waals surface area contributed by atoms with Crippen LogP contribution in [0, 0.1) is 19.8 Å². The number of piperidine rings is 1. The van der Waals surface area contributed by atoms with Gasteiger partial charge in [0.1, 0.15) is 0 Å². The Kier molecular flexibility index (Phi) is 3.77. The van der Waals surface area contributed by atoms with Gasteiger partial charge in [-0.2, -0.15) is 0 Å². The van der Waals surface area contributed by atoms with Crippen molar-refractivity contribution < 1.29 is 0 Å². The van der Waals surface area contributed by atoms with Crippen molar-refractivity contribution in [2.75, 3.05) is 19.6 Å². The number of hydrogen-bond acceptors (Lipinski definition) is 1. The van der Waals surface area contributed by atoms with Crippen LogP contribution >= 0.6 is 0 Å². The highest BCUT2D eigenvalue weighted by molar-refractivity contribution is 5.48. The molecule has 1 fully saturated rings. The number of rotatable bonds is 2. The van der Waals surface area contributed by atoms with Crippen LogP contribution in [0.5, 0.6) is 0 Å². The van der Waals surface area contributed by atoms with Gasteiger partial charge in [-0.3, -0.25) is 0 Å². The van der Waals surface area contributed by atoms with E-state index in [0.29, 0.717) is 11.8 Å². The first-order valence-corrected chi connectivity index (χ1v) is 9.06. The molecule has 1 saturated heterocycles. The summed E-state index contributed by atoms with van der Waals surface area (Å²) in [5, 5.41) is 0. The molecule has 1 heteroatoms. The molecule has 0 amide bonds. The van der Waals surface area contributed by atoms with Gasteiger partial charge in [-0.1, -0.05) is 60.5 Å². The standard InChI is InChI=1S/C22H27N/c1-4-23-12-11-19-21(14-23)18-10-7-16(3)13-20(18)22(19)17-8-5-15(2)6-9-17/h5-10,13,19,21-22H,4,11-12,14H2,1-3H3/t19-,21+,22+/m0/s1. The van der Waals surface area contributed by atoms with Crippen molar-refractivity contribution in [3.8, 4) is 0 Å². The van der Waals surface area contributed by atoms with Gasteiger partial charge in [-0.25, -0.2) is 0 Å². The second-order valence-corrected chi connectivity index (χ2v) is 7.47. The predicted molar refractivity (Wildman–Crippen MR) is 97.2 cm³/mol.